The lowest BCUT2D eigenvalue weighted by molar-refractivity contribution is -0.116. The standard InChI is InChI=1S/C15H10N4O3S/c20-11(18-15-16-5-6-23-15)7-19-8-17-12-9-3-1-2-4-10(9)22-13(12)14(19)21/h1-6,8H,7H2,(H,16,18,20). The van der Waals surface area contributed by atoms with E-state index in [1.165, 1.54) is 22.2 Å². The van der Waals surface area contributed by atoms with Crippen molar-refractivity contribution in [1.82, 2.24) is 14.5 Å². The Hall–Kier alpha value is -3.00. The molecule has 0 fully saturated rings. The Kier molecular flexibility index (Phi) is 3.16. The first kappa shape index (κ1) is 13.6. The summed E-state index contributed by atoms with van der Waals surface area (Å²) in [7, 11) is 0. The minimum Gasteiger partial charge on any atom is -0.448 e. The molecule has 3 aromatic heterocycles. The van der Waals surface area contributed by atoms with E-state index >= 15 is 0 Å². The van der Waals surface area contributed by atoms with Gasteiger partial charge in [-0.05, 0) is 12.1 Å². The molecule has 0 aliphatic carbocycles. The Morgan fingerprint density at radius 1 is 1.30 bits per heavy atom. The molecular formula is C15H10N4O3S. The van der Waals surface area contributed by atoms with E-state index in [2.05, 4.69) is 15.3 Å². The van der Waals surface area contributed by atoms with Crippen LogP contribution in [0.5, 0.6) is 0 Å². The number of rotatable bonds is 3. The van der Waals surface area contributed by atoms with Crippen LogP contribution in [0.3, 0.4) is 0 Å². The maximum atomic E-state index is 12.5. The van der Waals surface area contributed by atoms with E-state index in [-0.39, 0.29) is 23.6 Å². The lowest BCUT2D eigenvalue weighted by atomic mass is 10.2. The number of aromatic nitrogens is 3. The zero-order valence-electron chi connectivity index (χ0n) is 11.7. The summed E-state index contributed by atoms with van der Waals surface area (Å²) in [6.45, 7) is -0.154. The minimum atomic E-state index is -0.388. The number of nitrogens with zero attached hydrogens (tertiary/aromatic N) is 3. The highest BCUT2D eigenvalue weighted by Crippen LogP contribution is 2.24. The number of carbonyl (C=O) groups is 1. The minimum absolute atomic E-state index is 0.149. The summed E-state index contributed by atoms with van der Waals surface area (Å²) < 4.78 is 6.79. The number of benzene rings is 1. The van der Waals surface area contributed by atoms with Gasteiger partial charge in [-0.1, -0.05) is 12.1 Å². The third-order valence-electron chi connectivity index (χ3n) is 3.34. The molecule has 0 aliphatic rings. The average Bonchev–Trinajstić information content (AvgIpc) is 3.17. The first-order valence-corrected chi connectivity index (χ1v) is 7.66. The van der Waals surface area contributed by atoms with Crippen LogP contribution in [-0.2, 0) is 11.3 Å². The number of thiazole rings is 1. The van der Waals surface area contributed by atoms with E-state index in [0.717, 1.165) is 5.39 Å². The van der Waals surface area contributed by atoms with E-state index in [1.807, 2.05) is 18.2 Å². The van der Waals surface area contributed by atoms with E-state index < -0.39 is 0 Å². The van der Waals surface area contributed by atoms with Crippen molar-refractivity contribution < 1.29 is 9.21 Å². The molecule has 0 bridgehead atoms. The molecule has 3 heterocycles. The first-order valence-electron chi connectivity index (χ1n) is 6.78. The van der Waals surface area contributed by atoms with Gasteiger partial charge in [-0.25, -0.2) is 9.97 Å². The Labute approximate surface area is 133 Å². The lowest BCUT2D eigenvalue weighted by Gasteiger charge is -2.04. The molecule has 0 atom stereocenters. The van der Waals surface area contributed by atoms with Gasteiger partial charge in [0.1, 0.15) is 17.6 Å². The summed E-state index contributed by atoms with van der Waals surface area (Å²) in [6.07, 6.45) is 2.95. The highest BCUT2D eigenvalue weighted by Gasteiger charge is 2.14. The third kappa shape index (κ3) is 2.38. The van der Waals surface area contributed by atoms with E-state index in [4.69, 9.17) is 4.42 Å². The van der Waals surface area contributed by atoms with Crippen molar-refractivity contribution in [2.75, 3.05) is 5.32 Å². The molecule has 4 aromatic rings. The van der Waals surface area contributed by atoms with Crippen LogP contribution in [0.1, 0.15) is 0 Å². The molecule has 1 N–H and O–H groups in total. The predicted octanol–water partition coefficient (Wildman–Crippen LogP) is 2.24. The normalized spacial score (nSPS) is 11.1. The Bertz CT molecular complexity index is 1070. The maximum Gasteiger partial charge on any atom is 0.297 e. The number of fused-ring (bicyclic) bond motifs is 3. The smallest absolute Gasteiger partial charge is 0.297 e. The van der Waals surface area contributed by atoms with E-state index in [9.17, 15) is 9.59 Å². The SMILES string of the molecule is O=C(Cn1cnc2c(oc3ccccc32)c1=O)Nc1nccs1. The van der Waals surface area contributed by atoms with Crippen LogP contribution in [0.2, 0.25) is 0 Å². The first-order chi connectivity index (χ1) is 11.2. The van der Waals surface area contributed by atoms with Gasteiger partial charge in [0, 0.05) is 17.0 Å². The number of carbonyl (C=O) groups excluding carboxylic acids is 1. The number of para-hydroxylation sites is 1. The second-order valence-corrected chi connectivity index (χ2v) is 5.73. The predicted molar refractivity (Wildman–Crippen MR) is 86.5 cm³/mol. The fourth-order valence-electron chi connectivity index (χ4n) is 2.33. The Morgan fingerprint density at radius 2 is 2.17 bits per heavy atom. The van der Waals surface area contributed by atoms with Crippen molar-refractivity contribution in [3.8, 4) is 0 Å². The quantitative estimate of drug-likeness (QED) is 0.623. The second kappa shape index (κ2) is 5.33. The van der Waals surface area contributed by atoms with Gasteiger partial charge in [0.2, 0.25) is 11.5 Å². The molecule has 0 unspecified atom stereocenters. The monoisotopic (exact) mass is 326 g/mol. The zero-order chi connectivity index (χ0) is 15.8. The van der Waals surface area contributed by atoms with Crippen molar-refractivity contribution in [3.63, 3.8) is 0 Å². The van der Waals surface area contributed by atoms with Crippen LogP contribution in [0, 0.1) is 0 Å². The number of nitrogens with one attached hydrogen (secondary N) is 1. The highest BCUT2D eigenvalue weighted by molar-refractivity contribution is 7.13. The molecule has 0 aliphatic heterocycles. The molecule has 114 valence electrons. The number of hydrogen-bond acceptors (Lipinski definition) is 6. The van der Waals surface area contributed by atoms with Crippen LogP contribution >= 0.6 is 11.3 Å². The molecule has 1 aromatic carbocycles. The third-order valence-corrected chi connectivity index (χ3v) is 4.03. The van der Waals surface area contributed by atoms with Gasteiger partial charge >= 0.3 is 0 Å². The second-order valence-electron chi connectivity index (χ2n) is 4.84. The number of furan rings is 1. The van der Waals surface area contributed by atoms with Gasteiger partial charge in [0.05, 0.1) is 6.33 Å². The molecular weight excluding hydrogens is 316 g/mol. The number of hydrogen-bond donors (Lipinski definition) is 1. The van der Waals surface area contributed by atoms with Crippen molar-refractivity contribution in [2.24, 2.45) is 0 Å². The van der Waals surface area contributed by atoms with Gasteiger partial charge in [-0.15, -0.1) is 11.3 Å². The van der Waals surface area contributed by atoms with Crippen LogP contribution < -0.4 is 10.9 Å². The largest absolute Gasteiger partial charge is 0.448 e. The summed E-state index contributed by atoms with van der Waals surface area (Å²) in [4.78, 5) is 32.7. The van der Waals surface area contributed by atoms with Gasteiger partial charge in [0.25, 0.3) is 5.56 Å². The molecule has 0 radical (unpaired) electrons. The molecule has 0 saturated heterocycles. The number of anilines is 1. The van der Waals surface area contributed by atoms with E-state index in [0.29, 0.717) is 16.2 Å². The van der Waals surface area contributed by atoms with Crippen LogP contribution in [0.4, 0.5) is 5.13 Å². The molecule has 1 amide bonds. The fourth-order valence-corrected chi connectivity index (χ4v) is 2.87. The van der Waals surface area contributed by atoms with Gasteiger partial charge < -0.3 is 9.73 Å². The molecule has 4 rings (SSSR count). The molecule has 0 spiro atoms. The summed E-state index contributed by atoms with van der Waals surface area (Å²) in [5, 5.41) is 5.64. The van der Waals surface area contributed by atoms with Gasteiger partial charge in [-0.3, -0.25) is 14.2 Å². The highest BCUT2D eigenvalue weighted by atomic mass is 32.1. The molecule has 7 nitrogen and oxygen atoms in total. The number of amides is 1. The Morgan fingerprint density at radius 3 is 3.00 bits per heavy atom. The summed E-state index contributed by atoms with van der Waals surface area (Å²) in [5.74, 6) is -0.348. The summed E-state index contributed by atoms with van der Waals surface area (Å²) >= 11 is 1.31. The summed E-state index contributed by atoms with van der Waals surface area (Å²) in [6, 6.07) is 7.29. The topological polar surface area (TPSA) is 90.0 Å². The summed E-state index contributed by atoms with van der Waals surface area (Å²) in [5.41, 5.74) is 0.857. The molecule has 8 heteroatoms. The van der Waals surface area contributed by atoms with Crippen molar-refractivity contribution in [2.45, 2.75) is 6.54 Å². The molecule has 0 saturated carbocycles. The van der Waals surface area contributed by atoms with Gasteiger partial charge in [-0.2, -0.15) is 0 Å². The van der Waals surface area contributed by atoms with Crippen molar-refractivity contribution >= 4 is 44.4 Å². The average molecular weight is 326 g/mol. The molecule has 23 heavy (non-hydrogen) atoms. The zero-order valence-corrected chi connectivity index (χ0v) is 12.5. The fraction of sp³-hybridized carbons (Fsp3) is 0.0667. The van der Waals surface area contributed by atoms with Crippen molar-refractivity contribution in [1.29, 1.82) is 0 Å². The van der Waals surface area contributed by atoms with E-state index in [1.54, 1.807) is 17.6 Å². The Balaban J connectivity index is 1.70. The maximum absolute atomic E-state index is 12.5. The van der Waals surface area contributed by atoms with Crippen LogP contribution in [0.25, 0.3) is 22.1 Å². The lowest BCUT2D eigenvalue weighted by Crippen LogP contribution is -2.27. The van der Waals surface area contributed by atoms with Gasteiger partial charge in [0.15, 0.2) is 5.13 Å². The van der Waals surface area contributed by atoms with Crippen LogP contribution in [-0.4, -0.2) is 20.4 Å². The van der Waals surface area contributed by atoms with Crippen LogP contribution in [0.15, 0.2) is 51.4 Å². The van der Waals surface area contributed by atoms with Crippen molar-refractivity contribution in [3.05, 3.63) is 52.5 Å².